The molecule has 3 rings (SSSR count). The molecule has 0 saturated carbocycles. The summed E-state index contributed by atoms with van der Waals surface area (Å²) in [6.07, 6.45) is 1.43. The number of amides is 2. The number of ether oxygens (including phenoxy) is 2. The number of anilines is 1. The van der Waals surface area contributed by atoms with Crippen LogP contribution in [0.2, 0.25) is 0 Å². The Labute approximate surface area is 132 Å². The van der Waals surface area contributed by atoms with E-state index in [2.05, 4.69) is 25.3 Å². The molecule has 1 aliphatic rings. The normalized spacial score (nSPS) is 17.2. The van der Waals surface area contributed by atoms with Crippen LogP contribution in [0, 0.1) is 0 Å². The summed E-state index contributed by atoms with van der Waals surface area (Å²) in [4.78, 5) is 30.8. The lowest BCUT2D eigenvalue weighted by atomic mass is 10.1. The van der Waals surface area contributed by atoms with Crippen molar-refractivity contribution in [3.63, 3.8) is 0 Å². The number of imidazole rings is 1. The fourth-order valence-electron chi connectivity index (χ4n) is 2.53. The molecule has 2 amide bonds. The zero-order valence-corrected chi connectivity index (χ0v) is 12.7. The lowest BCUT2D eigenvalue weighted by Gasteiger charge is -2.10. The van der Waals surface area contributed by atoms with Gasteiger partial charge in [-0.05, 0) is 25.0 Å². The van der Waals surface area contributed by atoms with Crippen LogP contribution in [0.5, 0.6) is 0 Å². The third kappa shape index (κ3) is 3.42. The van der Waals surface area contributed by atoms with Gasteiger partial charge in [0, 0.05) is 13.2 Å². The van der Waals surface area contributed by atoms with Crippen molar-refractivity contribution in [2.75, 3.05) is 25.6 Å². The molecule has 122 valence electrons. The van der Waals surface area contributed by atoms with Crippen LogP contribution in [-0.2, 0) is 9.47 Å². The Morgan fingerprint density at radius 2 is 2.35 bits per heavy atom. The first-order valence-corrected chi connectivity index (χ1v) is 7.41. The van der Waals surface area contributed by atoms with E-state index in [4.69, 9.17) is 4.74 Å². The second-order valence-corrected chi connectivity index (χ2v) is 5.25. The zero-order valence-electron chi connectivity index (χ0n) is 12.7. The predicted molar refractivity (Wildman–Crippen MR) is 83.4 cm³/mol. The lowest BCUT2D eigenvalue weighted by molar-refractivity contribution is 0.0859. The van der Waals surface area contributed by atoms with Crippen LogP contribution in [-0.4, -0.2) is 48.3 Å². The van der Waals surface area contributed by atoms with Crippen molar-refractivity contribution < 1.29 is 19.1 Å². The highest BCUT2D eigenvalue weighted by atomic mass is 16.5. The van der Waals surface area contributed by atoms with Gasteiger partial charge < -0.3 is 19.8 Å². The average molecular weight is 318 g/mol. The van der Waals surface area contributed by atoms with Gasteiger partial charge in [0.15, 0.2) is 0 Å². The minimum atomic E-state index is -0.631. The van der Waals surface area contributed by atoms with Gasteiger partial charge in [0.05, 0.1) is 24.3 Å². The number of para-hydroxylation sites is 1. The fourth-order valence-corrected chi connectivity index (χ4v) is 2.53. The maximum absolute atomic E-state index is 12.4. The topological polar surface area (TPSA) is 105 Å². The number of rotatable bonds is 4. The Morgan fingerprint density at radius 3 is 3.09 bits per heavy atom. The maximum atomic E-state index is 12.4. The van der Waals surface area contributed by atoms with E-state index in [1.165, 1.54) is 7.11 Å². The minimum absolute atomic E-state index is 0.0777. The quantitative estimate of drug-likeness (QED) is 0.795. The number of H-pyrrole nitrogens is 1. The molecule has 0 spiro atoms. The average Bonchev–Trinajstić information content (AvgIpc) is 3.20. The Bertz CT molecular complexity index is 721. The summed E-state index contributed by atoms with van der Waals surface area (Å²) in [5, 5.41) is 5.31. The minimum Gasteiger partial charge on any atom is -0.453 e. The molecule has 0 aliphatic carbocycles. The van der Waals surface area contributed by atoms with Gasteiger partial charge in [-0.3, -0.25) is 10.1 Å². The van der Waals surface area contributed by atoms with E-state index < -0.39 is 6.09 Å². The zero-order chi connectivity index (χ0) is 16.2. The molecular weight excluding hydrogens is 300 g/mol. The van der Waals surface area contributed by atoms with Gasteiger partial charge in [0.2, 0.25) is 5.95 Å². The number of aromatic amines is 1. The van der Waals surface area contributed by atoms with Crippen LogP contribution in [0.15, 0.2) is 18.2 Å². The van der Waals surface area contributed by atoms with Crippen LogP contribution in [0.3, 0.4) is 0 Å². The Balaban J connectivity index is 1.76. The van der Waals surface area contributed by atoms with E-state index in [9.17, 15) is 9.59 Å². The molecule has 1 aliphatic heterocycles. The molecule has 1 aromatic heterocycles. The highest BCUT2D eigenvalue weighted by Gasteiger charge is 2.19. The summed E-state index contributed by atoms with van der Waals surface area (Å²) >= 11 is 0. The van der Waals surface area contributed by atoms with Crippen LogP contribution in [0.1, 0.15) is 23.2 Å². The maximum Gasteiger partial charge on any atom is 0.413 e. The first kappa shape index (κ1) is 15.3. The Kier molecular flexibility index (Phi) is 4.42. The summed E-state index contributed by atoms with van der Waals surface area (Å²) in [5.41, 5.74) is 1.58. The number of nitrogens with one attached hydrogen (secondary N) is 3. The van der Waals surface area contributed by atoms with Crippen LogP contribution in [0.4, 0.5) is 10.7 Å². The number of hydrogen-bond donors (Lipinski definition) is 3. The van der Waals surface area contributed by atoms with E-state index in [1.54, 1.807) is 18.2 Å². The summed E-state index contributed by atoms with van der Waals surface area (Å²) in [7, 11) is 1.27. The van der Waals surface area contributed by atoms with Gasteiger partial charge in [-0.2, -0.15) is 0 Å². The number of carbonyl (C=O) groups excluding carboxylic acids is 2. The SMILES string of the molecule is COC(=O)Nc1nc2c(C(=O)NCC3CCCO3)cccc2[nH]1. The highest BCUT2D eigenvalue weighted by Crippen LogP contribution is 2.19. The van der Waals surface area contributed by atoms with Crippen molar-refractivity contribution in [2.24, 2.45) is 0 Å². The molecule has 8 nitrogen and oxygen atoms in total. The van der Waals surface area contributed by atoms with E-state index in [0.29, 0.717) is 23.1 Å². The third-order valence-corrected chi connectivity index (χ3v) is 3.68. The molecule has 0 bridgehead atoms. The molecule has 2 heterocycles. The molecule has 3 N–H and O–H groups in total. The molecule has 1 saturated heterocycles. The molecule has 1 aromatic carbocycles. The van der Waals surface area contributed by atoms with Gasteiger partial charge >= 0.3 is 6.09 Å². The number of methoxy groups -OCH3 is 1. The van der Waals surface area contributed by atoms with Gasteiger partial charge in [-0.15, -0.1) is 0 Å². The summed E-state index contributed by atoms with van der Waals surface area (Å²) in [6, 6.07) is 5.22. The van der Waals surface area contributed by atoms with Gasteiger partial charge in [-0.25, -0.2) is 9.78 Å². The second-order valence-electron chi connectivity index (χ2n) is 5.25. The third-order valence-electron chi connectivity index (χ3n) is 3.68. The van der Waals surface area contributed by atoms with Crippen LogP contribution >= 0.6 is 0 Å². The van der Waals surface area contributed by atoms with Crippen molar-refractivity contribution >= 4 is 29.0 Å². The number of fused-ring (bicyclic) bond motifs is 1. The van der Waals surface area contributed by atoms with Gasteiger partial charge in [0.25, 0.3) is 5.91 Å². The Morgan fingerprint density at radius 1 is 1.48 bits per heavy atom. The van der Waals surface area contributed by atoms with Crippen molar-refractivity contribution in [1.29, 1.82) is 0 Å². The van der Waals surface area contributed by atoms with Gasteiger partial charge in [-0.1, -0.05) is 6.07 Å². The summed E-state index contributed by atoms with van der Waals surface area (Å²) < 4.78 is 10.0. The van der Waals surface area contributed by atoms with Crippen molar-refractivity contribution in [1.82, 2.24) is 15.3 Å². The summed E-state index contributed by atoms with van der Waals surface area (Å²) in [6.45, 7) is 1.23. The van der Waals surface area contributed by atoms with Crippen LogP contribution < -0.4 is 10.6 Å². The van der Waals surface area contributed by atoms with E-state index >= 15 is 0 Å². The predicted octanol–water partition coefficient (Wildman–Crippen LogP) is 1.65. The molecule has 23 heavy (non-hydrogen) atoms. The van der Waals surface area contributed by atoms with Crippen molar-refractivity contribution in [2.45, 2.75) is 18.9 Å². The molecule has 1 atom stereocenters. The molecule has 1 unspecified atom stereocenters. The smallest absolute Gasteiger partial charge is 0.413 e. The molecule has 0 radical (unpaired) electrons. The van der Waals surface area contributed by atoms with E-state index in [0.717, 1.165) is 19.4 Å². The highest BCUT2D eigenvalue weighted by molar-refractivity contribution is 6.05. The molecule has 1 fully saturated rings. The largest absolute Gasteiger partial charge is 0.453 e. The number of benzene rings is 1. The molecular formula is C15H18N4O4. The monoisotopic (exact) mass is 318 g/mol. The van der Waals surface area contributed by atoms with E-state index in [1.807, 2.05) is 0 Å². The first-order valence-electron chi connectivity index (χ1n) is 7.41. The summed E-state index contributed by atoms with van der Waals surface area (Å²) in [5.74, 6) is 0.00782. The van der Waals surface area contributed by atoms with Crippen molar-refractivity contribution in [3.05, 3.63) is 23.8 Å². The standard InChI is InChI=1S/C15H18N4O4/c1-22-15(21)19-14-17-11-6-2-5-10(12(11)18-14)13(20)16-8-9-4-3-7-23-9/h2,5-6,9H,3-4,7-8H2,1H3,(H,16,20)(H2,17,18,19,21). The first-order chi connectivity index (χ1) is 11.2. The molecule has 2 aromatic rings. The van der Waals surface area contributed by atoms with E-state index in [-0.39, 0.29) is 18.0 Å². The molecule has 8 heteroatoms. The van der Waals surface area contributed by atoms with Crippen LogP contribution in [0.25, 0.3) is 11.0 Å². The van der Waals surface area contributed by atoms with Crippen molar-refractivity contribution in [3.8, 4) is 0 Å². The van der Waals surface area contributed by atoms with Gasteiger partial charge in [0.1, 0.15) is 5.52 Å². The lowest BCUT2D eigenvalue weighted by Crippen LogP contribution is -2.31. The second kappa shape index (κ2) is 6.66. The Hall–Kier alpha value is -2.61. The number of nitrogens with zero attached hydrogens (tertiary/aromatic N) is 1. The number of aromatic nitrogens is 2. The number of carbonyl (C=O) groups is 2. The number of hydrogen-bond acceptors (Lipinski definition) is 5. The fraction of sp³-hybridized carbons (Fsp3) is 0.400.